The molecule has 0 atom stereocenters. The predicted molar refractivity (Wildman–Crippen MR) is 57.2 cm³/mol. The van der Waals surface area contributed by atoms with Crippen LogP contribution in [0.1, 0.15) is 11.1 Å². The van der Waals surface area contributed by atoms with Crippen LogP contribution in [0.4, 0.5) is 0 Å². The smallest absolute Gasteiger partial charge is 0.0178 e. The summed E-state index contributed by atoms with van der Waals surface area (Å²) >= 11 is 0. The van der Waals surface area contributed by atoms with Gasteiger partial charge >= 0.3 is 0 Å². The molecule has 0 spiro atoms. The van der Waals surface area contributed by atoms with E-state index in [0.29, 0.717) is 13.1 Å². The Morgan fingerprint density at radius 2 is 1.15 bits per heavy atom. The zero-order valence-electron chi connectivity index (χ0n) is 8.38. The van der Waals surface area contributed by atoms with Crippen molar-refractivity contribution in [2.24, 2.45) is 11.5 Å². The second-order valence-electron chi connectivity index (χ2n) is 2.72. The first kappa shape index (κ1) is 12.1. The van der Waals surface area contributed by atoms with Crippen molar-refractivity contribution >= 4 is 0 Å². The Bertz CT molecular complexity index is 183. The van der Waals surface area contributed by atoms with Crippen LogP contribution in [0.25, 0.3) is 0 Å². The standard InChI is InChI=1S/C8H12N2.C2H7N/c9-5-7-1-2-8(6-10)4-3-7;1-3-2/h1-4H,5-6,9-10H2;3H,1-2H3. The van der Waals surface area contributed by atoms with Crippen LogP contribution < -0.4 is 16.8 Å². The number of nitrogens with one attached hydrogen (secondary N) is 1. The zero-order valence-corrected chi connectivity index (χ0v) is 8.38. The van der Waals surface area contributed by atoms with Crippen molar-refractivity contribution in [3.63, 3.8) is 0 Å². The van der Waals surface area contributed by atoms with Gasteiger partial charge in [-0.2, -0.15) is 0 Å². The minimum atomic E-state index is 0.602. The van der Waals surface area contributed by atoms with E-state index in [9.17, 15) is 0 Å². The van der Waals surface area contributed by atoms with Crippen molar-refractivity contribution < 1.29 is 0 Å². The Morgan fingerprint density at radius 3 is 1.31 bits per heavy atom. The van der Waals surface area contributed by atoms with Crippen LogP contribution in [0, 0.1) is 0 Å². The summed E-state index contributed by atoms with van der Waals surface area (Å²) in [4.78, 5) is 0. The average Bonchev–Trinajstić information content (AvgIpc) is 2.19. The molecule has 74 valence electrons. The molecule has 0 bridgehead atoms. The third-order valence-electron chi connectivity index (χ3n) is 1.49. The van der Waals surface area contributed by atoms with E-state index in [1.54, 1.807) is 0 Å². The van der Waals surface area contributed by atoms with E-state index in [-0.39, 0.29) is 0 Å². The minimum Gasteiger partial charge on any atom is -0.326 e. The highest BCUT2D eigenvalue weighted by molar-refractivity contribution is 5.21. The van der Waals surface area contributed by atoms with Crippen molar-refractivity contribution in [1.29, 1.82) is 0 Å². The van der Waals surface area contributed by atoms with Crippen LogP contribution >= 0.6 is 0 Å². The molecule has 0 saturated carbocycles. The summed E-state index contributed by atoms with van der Waals surface area (Å²) in [6.45, 7) is 1.20. The molecule has 0 aliphatic carbocycles. The third kappa shape index (κ3) is 5.36. The molecule has 0 aliphatic heterocycles. The second-order valence-corrected chi connectivity index (χ2v) is 2.72. The maximum absolute atomic E-state index is 5.41. The molecule has 0 saturated heterocycles. The lowest BCUT2D eigenvalue weighted by atomic mass is 10.1. The maximum atomic E-state index is 5.41. The zero-order chi connectivity index (χ0) is 10.1. The second kappa shape index (κ2) is 7.73. The monoisotopic (exact) mass is 181 g/mol. The Morgan fingerprint density at radius 1 is 0.923 bits per heavy atom. The van der Waals surface area contributed by atoms with Gasteiger partial charge in [0.25, 0.3) is 0 Å². The lowest BCUT2D eigenvalue weighted by Gasteiger charge is -1.97. The Labute approximate surface area is 80.1 Å². The van der Waals surface area contributed by atoms with Crippen LogP contribution in [-0.4, -0.2) is 14.1 Å². The molecule has 3 heteroatoms. The van der Waals surface area contributed by atoms with Gasteiger partial charge in [0.1, 0.15) is 0 Å². The first-order valence-corrected chi connectivity index (χ1v) is 4.34. The first-order valence-electron chi connectivity index (χ1n) is 4.34. The summed E-state index contributed by atoms with van der Waals surface area (Å²) in [5, 5.41) is 2.75. The maximum Gasteiger partial charge on any atom is 0.0178 e. The van der Waals surface area contributed by atoms with Gasteiger partial charge in [0, 0.05) is 13.1 Å². The molecule has 0 heterocycles. The minimum absolute atomic E-state index is 0.602. The Kier molecular flexibility index (Phi) is 7.20. The molecule has 1 aromatic rings. The largest absolute Gasteiger partial charge is 0.326 e. The molecule has 0 radical (unpaired) electrons. The Balaban J connectivity index is 0.000000424. The molecule has 0 unspecified atom stereocenters. The van der Waals surface area contributed by atoms with Gasteiger partial charge in [-0.1, -0.05) is 24.3 Å². The fourth-order valence-corrected chi connectivity index (χ4v) is 0.811. The molecular weight excluding hydrogens is 162 g/mol. The van der Waals surface area contributed by atoms with Gasteiger partial charge in [0.2, 0.25) is 0 Å². The van der Waals surface area contributed by atoms with Gasteiger partial charge < -0.3 is 16.8 Å². The summed E-state index contributed by atoms with van der Waals surface area (Å²) in [5.41, 5.74) is 13.1. The lowest BCUT2D eigenvalue weighted by molar-refractivity contribution is 1.02. The van der Waals surface area contributed by atoms with Gasteiger partial charge in [-0.25, -0.2) is 0 Å². The number of nitrogens with two attached hydrogens (primary N) is 2. The van der Waals surface area contributed by atoms with E-state index in [4.69, 9.17) is 11.5 Å². The summed E-state index contributed by atoms with van der Waals surface area (Å²) in [6, 6.07) is 8.01. The van der Waals surface area contributed by atoms with Crippen LogP contribution in [0.2, 0.25) is 0 Å². The van der Waals surface area contributed by atoms with E-state index >= 15 is 0 Å². The quantitative estimate of drug-likeness (QED) is 0.620. The average molecular weight is 181 g/mol. The highest BCUT2D eigenvalue weighted by Gasteiger charge is 1.88. The van der Waals surface area contributed by atoms with Gasteiger partial charge in [0.05, 0.1) is 0 Å². The van der Waals surface area contributed by atoms with Crippen LogP contribution in [0.5, 0.6) is 0 Å². The molecule has 5 N–H and O–H groups in total. The number of hydrogen-bond donors (Lipinski definition) is 3. The van der Waals surface area contributed by atoms with Crippen LogP contribution in [0.3, 0.4) is 0 Å². The van der Waals surface area contributed by atoms with E-state index in [2.05, 4.69) is 5.32 Å². The normalized spacial score (nSPS) is 8.92. The lowest BCUT2D eigenvalue weighted by Crippen LogP contribution is -1.98. The van der Waals surface area contributed by atoms with Crippen molar-refractivity contribution in [2.75, 3.05) is 14.1 Å². The SMILES string of the molecule is CNC.NCc1ccc(CN)cc1. The molecule has 0 aliphatic rings. The summed E-state index contributed by atoms with van der Waals surface area (Å²) in [6.07, 6.45) is 0. The highest BCUT2D eigenvalue weighted by atomic mass is 14.7. The topological polar surface area (TPSA) is 64.1 Å². The fourth-order valence-electron chi connectivity index (χ4n) is 0.811. The summed E-state index contributed by atoms with van der Waals surface area (Å²) < 4.78 is 0. The van der Waals surface area contributed by atoms with Gasteiger partial charge in [-0.05, 0) is 25.2 Å². The van der Waals surface area contributed by atoms with E-state index in [1.165, 1.54) is 0 Å². The van der Waals surface area contributed by atoms with Crippen molar-refractivity contribution in [3.05, 3.63) is 35.4 Å². The van der Waals surface area contributed by atoms with Gasteiger partial charge in [-0.3, -0.25) is 0 Å². The number of rotatable bonds is 2. The van der Waals surface area contributed by atoms with Crippen molar-refractivity contribution in [1.82, 2.24) is 5.32 Å². The van der Waals surface area contributed by atoms with E-state index in [1.807, 2.05) is 38.4 Å². The molecule has 13 heavy (non-hydrogen) atoms. The first-order chi connectivity index (χ1) is 6.28. The molecular formula is C10H19N3. The van der Waals surface area contributed by atoms with Gasteiger partial charge in [-0.15, -0.1) is 0 Å². The third-order valence-corrected chi connectivity index (χ3v) is 1.49. The number of benzene rings is 1. The van der Waals surface area contributed by atoms with Gasteiger partial charge in [0.15, 0.2) is 0 Å². The predicted octanol–water partition coefficient (Wildman–Crippen LogP) is 0.440. The molecule has 0 fully saturated rings. The number of hydrogen-bond acceptors (Lipinski definition) is 3. The molecule has 0 aromatic heterocycles. The molecule has 1 rings (SSSR count). The molecule has 0 amide bonds. The van der Waals surface area contributed by atoms with Crippen molar-refractivity contribution in [3.8, 4) is 0 Å². The molecule has 1 aromatic carbocycles. The van der Waals surface area contributed by atoms with Crippen LogP contribution in [-0.2, 0) is 13.1 Å². The highest BCUT2D eigenvalue weighted by Crippen LogP contribution is 2.01. The summed E-state index contributed by atoms with van der Waals surface area (Å²) in [7, 11) is 3.75. The van der Waals surface area contributed by atoms with Crippen LogP contribution in [0.15, 0.2) is 24.3 Å². The van der Waals surface area contributed by atoms with E-state index < -0.39 is 0 Å². The Hall–Kier alpha value is -0.900. The molecule has 3 nitrogen and oxygen atoms in total. The fraction of sp³-hybridized carbons (Fsp3) is 0.400. The van der Waals surface area contributed by atoms with E-state index in [0.717, 1.165) is 11.1 Å². The summed E-state index contributed by atoms with van der Waals surface area (Å²) in [5.74, 6) is 0. The van der Waals surface area contributed by atoms with Crippen molar-refractivity contribution in [2.45, 2.75) is 13.1 Å².